The number of aromatic amines is 2. The van der Waals surface area contributed by atoms with Crippen molar-refractivity contribution in [1.82, 2.24) is 30.1 Å². The maximum atomic E-state index is 13.2. The molecule has 4 rings (SSSR count). The molecular formula is C14H12FN7. The molecule has 0 unspecified atom stereocenters. The van der Waals surface area contributed by atoms with Crippen LogP contribution in [0, 0.1) is 5.82 Å². The molecule has 0 fully saturated rings. The number of hydrogen-bond donors (Lipinski definition) is 3. The van der Waals surface area contributed by atoms with Gasteiger partial charge in [0.2, 0.25) is 0 Å². The van der Waals surface area contributed by atoms with Crippen molar-refractivity contribution in [2.24, 2.45) is 0 Å². The molecule has 0 aliphatic rings. The molecule has 0 saturated carbocycles. The molecule has 8 heteroatoms. The van der Waals surface area contributed by atoms with Gasteiger partial charge in [0.1, 0.15) is 23.8 Å². The van der Waals surface area contributed by atoms with Crippen LogP contribution in [0.2, 0.25) is 0 Å². The van der Waals surface area contributed by atoms with Crippen LogP contribution in [-0.2, 0) is 6.42 Å². The van der Waals surface area contributed by atoms with Gasteiger partial charge in [-0.15, -0.1) is 0 Å². The molecule has 22 heavy (non-hydrogen) atoms. The van der Waals surface area contributed by atoms with Crippen LogP contribution < -0.4 is 5.32 Å². The second-order valence-corrected chi connectivity index (χ2v) is 4.88. The maximum Gasteiger partial charge on any atom is 0.160 e. The fourth-order valence-corrected chi connectivity index (χ4v) is 2.36. The Morgan fingerprint density at radius 1 is 1.23 bits per heavy atom. The Morgan fingerprint density at radius 3 is 3.14 bits per heavy atom. The van der Waals surface area contributed by atoms with E-state index in [1.807, 2.05) is 0 Å². The number of H-pyrrole nitrogens is 2. The maximum absolute atomic E-state index is 13.2. The zero-order valence-electron chi connectivity index (χ0n) is 11.5. The van der Waals surface area contributed by atoms with Crippen LogP contribution >= 0.6 is 0 Å². The number of nitrogens with zero attached hydrogens (tertiary/aromatic N) is 4. The fraction of sp³-hybridized carbons (Fsp3) is 0.143. The highest BCUT2D eigenvalue weighted by Gasteiger charge is 2.06. The molecule has 3 aromatic heterocycles. The summed E-state index contributed by atoms with van der Waals surface area (Å²) >= 11 is 0. The molecule has 110 valence electrons. The molecule has 0 aliphatic heterocycles. The van der Waals surface area contributed by atoms with Gasteiger partial charge in [0.05, 0.1) is 22.6 Å². The lowest BCUT2D eigenvalue weighted by Crippen LogP contribution is -2.07. The minimum absolute atomic E-state index is 0.274. The number of hydrogen-bond acceptors (Lipinski definition) is 5. The standard InChI is InChI=1S/C14H12FN7/c15-8-1-2-10-11(5-8)21-12(20-10)3-4-16-13-9-6-19-22-14(9)18-7-17-13/h1-2,5-7H,3-4H2,(H,20,21)(H2,16,17,18,19,22). The normalized spacial score (nSPS) is 11.3. The van der Waals surface area contributed by atoms with E-state index in [9.17, 15) is 4.39 Å². The highest BCUT2D eigenvalue weighted by Crippen LogP contribution is 2.16. The van der Waals surface area contributed by atoms with Gasteiger partial charge in [-0.05, 0) is 18.2 Å². The summed E-state index contributed by atoms with van der Waals surface area (Å²) in [6.07, 6.45) is 3.83. The first kappa shape index (κ1) is 12.7. The Morgan fingerprint density at radius 2 is 2.18 bits per heavy atom. The number of rotatable bonds is 4. The predicted octanol–water partition coefficient (Wildman–Crippen LogP) is 2.02. The monoisotopic (exact) mass is 297 g/mol. The van der Waals surface area contributed by atoms with Crippen molar-refractivity contribution in [1.29, 1.82) is 0 Å². The van der Waals surface area contributed by atoms with Crippen molar-refractivity contribution in [3.05, 3.63) is 42.4 Å². The Hall–Kier alpha value is -3.03. The van der Waals surface area contributed by atoms with Crippen molar-refractivity contribution in [3.8, 4) is 0 Å². The molecule has 3 heterocycles. The molecule has 0 aliphatic carbocycles. The number of aromatic nitrogens is 6. The number of halogens is 1. The van der Waals surface area contributed by atoms with Gasteiger partial charge in [0.15, 0.2) is 5.65 Å². The summed E-state index contributed by atoms with van der Waals surface area (Å²) in [5.41, 5.74) is 2.15. The molecule has 0 bridgehead atoms. The Bertz CT molecular complexity index is 943. The van der Waals surface area contributed by atoms with Gasteiger partial charge in [-0.1, -0.05) is 0 Å². The summed E-state index contributed by atoms with van der Waals surface area (Å²) in [4.78, 5) is 15.8. The second-order valence-electron chi connectivity index (χ2n) is 4.88. The number of fused-ring (bicyclic) bond motifs is 2. The third-order valence-electron chi connectivity index (χ3n) is 3.40. The minimum Gasteiger partial charge on any atom is -0.369 e. The summed E-state index contributed by atoms with van der Waals surface area (Å²) in [6.45, 7) is 0.638. The van der Waals surface area contributed by atoms with E-state index in [2.05, 4.69) is 35.5 Å². The first-order valence-corrected chi connectivity index (χ1v) is 6.82. The summed E-state index contributed by atoms with van der Waals surface area (Å²) < 4.78 is 13.2. The van der Waals surface area contributed by atoms with Crippen molar-refractivity contribution >= 4 is 27.9 Å². The largest absolute Gasteiger partial charge is 0.369 e. The van der Waals surface area contributed by atoms with Crippen molar-refractivity contribution < 1.29 is 4.39 Å². The third kappa shape index (κ3) is 2.24. The average Bonchev–Trinajstić information content (AvgIpc) is 3.13. The van der Waals surface area contributed by atoms with Crippen LogP contribution in [0.4, 0.5) is 10.2 Å². The van der Waals surface area contributed by atoms with E-state index in [1.165, 1.54) is 18.5 Å². The second kappa shape index (κ2) is 5.06. The number of nitrogens with one attached hydrogen (secondary N) is 3. The molecule has 7 nitrogen and oxygen atoms in total. The molecule has 3 N–H and O–H groups in total. The summed E-state index contributed by atoms with van der Waals surface area (Å²) in [6, 6.07) is 4.51. The van der Waals surface area contributed by atoms with Gasteiger partial charge in [-0.2, -0.15) is 5.10 Å². The lowest BCUT2D eigenvalue weighted by molar-refractivity contribution is 0.629. The smallest absolute Gasteiger partial charge is 0.160 e. The highest BCUT2D eigenvalue weighted by molar-refractivity contribution is 5.85. The van der Waals surface area contributed by atoms with E-state index in [0.29, 0.717) is 24.1 Å². The fourth-order valence-electron chi connectivity index (χ4n) is 2.36. The number of anilines is 1. The highest BCUT2D eigenvalue weighted by atomic mass is 19.1. The molecular weight excluding hydrogens is 285 g/mol. The van der Waals surface area contributed by atoms with Gasteiger partial charge in [0.25, 0.3) is 0 Å². The third-order valence-corrected chi connectivity index (χ3v) is 3.40. The minimum atomic E-state index is -0.274. The SMILES string of the molecule is Fc1ccc2nc(CCNc3ncnc4[nH]ncc34)[nH]c2c1. The summed E-state index contributed by atoms with van der Waals surface area (Å²) in [5, 5.41) is 10.8. The summed E-state index contributed by atoms with van der Waals surface area (Å²) in [7, 11) is 0. The zero-order chi connectivity index (χ0) is 14.9. The predicted molar refractivity (Wildman–Crippen MR) is 79.9 cm³/mol. The van der Waals surface area contributed by atoms with E-state index in [0.717, 1.165) is 22.5 Å². The van der Waals surface area contributed by atoms with Crippen LogP contribution in [0.3, 0.4) is 0 Å². The molecule has 0 atom stereocenters. The lowest BCUT2D eigenvalue weighted by Gasteiger charge is -2.04. The first-order chi connectivity index (χ1) is 10.8. The Labute approximate surface area is 124 Å². The molecule has 4 aromatic rings. The van der Waals surface area contributed by atoms with Gasteiger partial charge in [-0.25, -0.2) is 19.3 Å². The van der Waals surface area contributed by atoms with Crippen LogP contribution in [0.1, 0.15) is 5.82 Å². The first-order valence-electron chi connectivity index (χ1n) is 6.82. The van der Waals surface area contributed by atoms with Crippen LogP contribution in [0.25, 0.3) is 22.1 Å². The molecule has 0 saturated heterocycles. The van der Waals surface area contributed by atoms with Gasteiger partial charge < -0.3 is 10.3 Å². The van der Waals surface area contributed by atoms with E-state index in [-0.39, 0.29) is 5.82 Å². The van der Waals surface area contributed by atoms with Gasteiger partial charge in [0, 0.05) is 13.0 Å². The summed E-state index contributed by atoms with van der Waals surface area (Å²) in [5.74, 6) is 1.25. The zero-order valence-corrected chi connectivity index (χ0v) is 11.5. The van der Waals surface area contributed by atoms with Crippen LogP contribution in [0.15, 0.2) is 30.7 Å². The van der Waals surface area contributed by atoms with Crippen molar-refractivity contribution in [3.63, 3.8) is 0 Å². The quantitative estimate of drug-likeness (QED) is 0.535. The van der Waals surface area contributed by atoms with Gasteiger partial charge in [-0.3, -0.25) is 5.10 Å². The lowest BCUT2D eigenvalue weighted by atomic mass is 10.3. The van der Waals surface area contributed by atoms with Crippen molar-refractivity contribution in [2.45, 2.75) is 6.42 Å². The number of benzene rings is 1. The van der Waals surface area contributed by atoms with Crippen molar-refractivity contribution in [2.75, 3.05) is 11.9 Å². The van der Waals surface area contributed by atoms with E-state index >= 15 is 0 Å². The van der Waals surface area contributed by atoms with E-state index in [1.54, 1.807) is 12.3 Å². The average molecular weight is 297 g/mol. The number of imidazole rings is 1. The van der Waals surface area contributed by atoms with E-state index < -0.39 is 0 Å². The molecule has 0 radical (unpaired) electrons. The van der Waals surface area contributed by atoms with E-state index in [4.69, 9.17) is 0 Å². The molecule has 0 amide bonds. The molecule has 1 aromatic carbocycles. The molecule has 0 spiro atoms. The Kier molecular flexibility index (Phi) is 2.92. The van der Waals surface area contributed by atoms with Crippen LogP contribution in [-0.4, -0.2) is 36.7 Å². The topological polar surface area (TPSA) is 95.2 Å². The van der Waals surface area contributed by atoms with Gasteiger partial charge >= 0.3 is 0 Å². The van der Waals surface area contributed by atoms with Crippen LogP contribution in [0.5, 0.6) is 0 Å². The Balaban J connectivity index is 1.49.